The van der Waals surface area contributed by atoms with Gasteiger partial charge in [-0.3, -0.25) is 4.79 Å². The van der Waals surface area contributed by atoms with Crippen LogP contribution in [-0.2, 0) is 17.8 Å². The lowest BCUT2D eigenvalue weighted by Crippen LogP contribution is -2.36. The molecule has 0 unspecified atom stereocenters. The Bertz CT molecular complexity index is 718. The average molecular weight is 362 g/mol. The van der Waals surface area contributed by atoms with Crippen molar-refractivity contribution in [3.63, 3.8) is 0 Å². The molecule has 0 fully saturated rings. The van der Waals surface area contributed by atoms with Crippen LogP contribution >= 0.6 is 23.4 Å². The van der Waals surface area contributed by atoms with E-state index in [2.05, 4.69) is 6.07 Å². The molecule has 1 amide bonds. The minimum atomic E-state index is 0.235. The van der Waals surface area contributed by atoms with E-state index in [4.69, 9.17) is 16.3 Å². The van der Waals surface area contributed by atoms with Crippen LogP contribution in [0.4, 0.5) is 0 Å². The molecule has 0 N–H and O–H groups in total. The van der Waals surface area contributed by atoms with Gasteiger partial charge < -0.3 is 9.64 Å². The Morgan fingerprint density at radius 1 is 1.17 bits per heavy atom. The minimum Gasteiger partial charge on any atom is -0.457 e. The number of halogens is 1. The summed E-state index contributed by atoms with van der Waals surface area (Å²) in [5, 5.41) is 0.687. The number of carbonyl (C=O) groups excluding carboxylic acids is 1. The van der Waals surface area contributed by atoms with E-state index in [-0.39, 0.29) is 5.91 Å². The van der Waals surface area contributed by atoms with E-state index < -0.39 is 0 Å². The van der Waals surface area contributed by atoms with Crippen molar-refractivity contribution in [1.29, 1.82) is 0 Å². The van der Waals surface area contributed by atoms with Gasteiger partial charge in [-0.2, -0.15) is 11.8 Å². The zero-order chi connectivity index (χ0) is 16.9. The van der Waals surface area contributed by atoms with Crippen molar-refractivity contribution in [2.75, 3.05) is 18.6 Å². The molecule has 0 atom stereocenters. The minimum absolute atomic E-state index is 0.235. The van der Waals surface area contributed by atoms with Crippen LogP contribution < -0.4 is 4.74 Å². The zero-order valence-corrected chi connectivity index (χ0v) is 15.2. The van der Waals surface area contributed by atoms with E-state index in [0.29, 0.717) is 18.0 Å². The van der Waals surface area contributed by atoms with Gasteiger partial charge in [-0.05, 0) is 60.2 Å². The zero-order valence-electron chi connectivity index (χ0n) is 13.6. The molecule has 0 saturated heterocycles. The first-order valence-corrected chi connectivity index (χ1v) is 9.75. The fraction of sp³-hybridized carbons (Fsp3) is 0.316. The summed E-state index contributed by atoms with van der Waals surface area (Å²) < 4.78 is 5.89. The number of amides is 1. The maximum absolute atomic E-state index is 12.2. The lowest BCUT2D eigenvalue weighted by atomic mass is 9.99. The molecule has 0 aromatic heterocycles. The number of rotatable bonds is 5. The quantitative estimate of drug-likeness (QED) is 0.768. The molecule has 3 rings (SSSR count). The van der Waals surface area contributed by atoms with Gasteiger partial charge in [-0.25, -0.2) is 0 Å². The third-order valence-corrected chi connectivity index (χ3v) is 4.98. The SMILES string of the molecule is CSCCC(=O)N1CCc2ccc(Oc3ccc(Cl)cc3)cc2C1. The number of fused-ring (bicyclic) bond motifs is 1. The molecular weight excluding hydrogens is 342 g/mol. The molecule has 1 heterocycles. The summed E-state index contributed by atoms with van der Waals surface area (Å²) in [5.41, 5.74) is 2.47. The first kappa shape index (κ1) is 17.2. The van der Waals surface area contributed by atoms with Gasteiger partial charge in [0.1, 0.15) is 11.5 Å². The van der Waals surface area contributed by atoms with Gasteiger partial charge in [-0.1, -0.05) is 17.7 Å². The molecule has 0 bridgehead atoms. The maximum Gasteiger partial charge on any atom is 0.223 e. The molecule has 2 aromatic rings. The van der Waals surface area contributed by atoms with Gasteiger partial charge in [-0.15, -0.1) is 0 Å². The number of nitrogens with zero attached hydrogens (tertiary/aromatic N) is 1. The van der Waals surface area contributed by atoms with E-state index in [0.717, 1.165) is 30.2 Å². The summed E-state index contributed by atoms with van der Waals surface area (Å²) in [6, 6.07) is 13.4. The predicted molar refractivity (Wildman–Crippen MR) is 100 cm³/mol. The number of thioether (sulfide) groups is 1. The van der Waals surface area contributed by atoms with Crippen molar-refractivity contribution in [3.05, 3.63) is 58.6 Å². The van der Waals surface area contributed by atoms with Crippen molar-refractivity contribution in [2.45, 2.75) is 19.4 Å². The normalized spacial score (nSPS) is 13.5. The van der Waals surface area contributed by atoms with Gasteiger partial charge in [0.05, 0.1) is 0 Å². The second-order valence-corrected chi connectivity index (χ2v) is 7.22. The predicted octanol–water partition coefficient (Wildman–Crippen LogP) is 4.77. The van der Waals surface area contributed by atoms with Gasteiger partial charge in [0.25, 0.3) is 0 Å². The number of carbonyl (C=O) groups is 1. The molecule has 0 spiro atoms. The van der Waals surface area contributed by atoms with E-state index >= 15 is 0 Å². The molecule has 24 heavy (non-hydrogen) atoms. The number of hydrogen-bond donors (Lipinski definition) is 0. The monoisotopic (exact) mass is 361 g/mol. The fourth-order valence-electron chi connectivity index (χ4n) is 2.80. The standard InChI is InChI=1S/C19H20ClNO2S/c1-24-11-9-19(22)21-10-8-14-2-5-18(12-15(14)13-21)23-17-6-3-16(20)4-7-17/h2-7,12H,8-11,13H2,1H3. The molecule has 5 heteroatoms. The smallest absolute Gasteiger partial charge is 0.223 e. The van der Waals surface area contributed by atoms with E-state index in [1.54, 1.807) is 23.9 Å². The molecular formula is C19H20ClNO2S. The van der Waals surface area contributed by atoms with Crippen molar-refractivity contribution in [1.82, 2.24) is 4.90 Å². The largest absolute Gasteiger partial charge is 0.457 e. The molecule has 0 saturated carbocycles. The Hall–Kier alpha value is -1.65. The van der Waals surface area contributed by atoms with Crippen molar-refractivity contribution in [2.24, 2.45) is 0 Å². The van der Waals surface area contributed by atoms with Crippen LogP contribution in [0.2, 0.25) is 5.02 Å². The Morgan fingerprint density at radius 2 is 1.92 bits per heavy atom. The summed E-state index contributed by atoms with van der Waals surface area (Å²) >= 11 is 7.60. The van der Waals surface area contributed by atoms with E-state index in [1.807, 2.05) is 35.4 Å². The third kappa shape index (κ3) is 4.25. The molecule has 0 radical (unpaired) electrons. The Kier molecular flexibility index (Phi) is 5.69. The summed E-state index contributed by atoms with van der Waals surface area (Å²) in [4.78, 5) is 14.2. The van der Waals surface area contributed by atoms with Gasteiger partial charge in [0, 0.05) is 30.3 Å². The highest BCUT2D eigenvalue weighted by molar-refractivity contribution is 7.98. The number of benzene rings is 2. The highest BCUT2D eigenvalue weighted by Gasteiger charge is 2.20. The molecule has 2 aromatic carbocycles. The van der Waals surface area contributed by atoms with Crippen LogP contribution in [0.15, 0.2) is 42.5 Å². The second-order valence-electron chi connectivity index (χ2n) is 5.79. The first-order chi connectivity index (χ1) is 11.7. The second kappa shape index (κ2) is 7.95. The molecule has 1 aliphatic heterocycles. The van der Waals surface area contributed by atoms with E-state index in [1.165, 1.54) is 11.1 Å². The third-order valence-electron chi connectivity index (χ3n) is 4.11. The van der Waals surface area contributed by atoms with Crippen LogP contribution in [0.25, 0.3) is 0 Å². The molecule has 126 valence electrons. The molecule has 0 aliphatic carbocycles. The van der Waals surface area contributed by atoms with Gasteiger partial charge >= 0.3 is 0 Å². The lowest BCUT2D eigenvalue weighted by molar-refractivity contribution is -0.131. The Balaban J connectivity index is 1.71. The summed E-state index contributed by atoms with van der Waals surface area (Å²) in [5.74, 6) is 2.65. The fourth-order valence-corrected chi connectivity index (χ4v) is 3.30. The molecule has 1 aliphatic rings. The van der Waals surface area contributed by atoms with Crippen LogP contribution in [-0.4, -0.2) is 29.4 Å². The maximum atomic E-state index is 12.2. The van der Waals surface area contributed by atoms with Crippen LogP contribution in [0.5, 0.6) is 11.5 Å². The van der Waals surface area contributed by atoms with Crippen LogP contribution in [0, 0.1) is 0 Å². The van der Waals surface area contributed by atoms with Crippen LogP contribution in [0.1, 0.15) is 17.5 Å². The Labute approximate surface area is 151 Å². The summed E-state index contributed by atoms with van der Waals surface area (Å²) in [6.07, 6.45) is 3.54. The van der Waals surface area contributed by atoms with Gasteiger partial charge in [0.2, 0.25) is 5.91 Å². The Morgan fingerprint density at radius 3 is 2.67 bits per heavy atom. The number of ether oxygens (including phenoxy) is 1. The topological polar surface area (TPSA) is 29.5 Å². The number of hydrogen-bond acceptors (Lipinski definition) is 3. The highest BCUT2D eigenvalue weighted by Crippen LogP contribution is 2.28. The van der Waals surface area contributed by atoms with Gasteiger partial charge in [0.15, 0.2) is 0 Å². The van der Waals surface area contributed by atoms with Crippen molar-refractivity contribution >= 4 is 29.3 Å². The highest BCUT2D eigenvalue weighted by atomic mass is 35.5. The first-order valence-electron chi connectivity index (χ1n) is 7.97. The summed E-state index contributed by atoms with van der Waals surface area (Å²) in [7, 11) is 0. The lowest BCUT2D eigenvalue weighted by Gasteiger charge is -2.29. The van der Waals surface area contributed by atoms with Crippen molar-refractivity contribution < 1.29 is 9.53 Å². The van der Waals surface area contributed by atoms with Crippen molar-refractivity contribution in [3.8, 4) is 11.5 Å². The van der Waals surface area contributed by atoms with E-state index in [9.17, 15) is 4.79 Å². The average Bonchev–Trinajstić information content (AvgIpc) is 2.61. The van der Waals surface area contributed by atoms with Crippen LogP contribution in [0.3, 0.4) is 0 Å². The molecule has 3 nitrogen and oxygen atoms in total. The summed E-state index contributed by atoms with van der Waals surface area (Å²) in [6.45, 7) is 1.47.